The van der Waals surface area contributed by atoms with Gasteiger partial charge in [-0.2, -0.15) is 5.10 Å². The highest BCUT2D eigenvalue weighted by molar-refractivity contribution is 5.50. The minimum absolute atomic E-state index is 0.249. The summed E-state index contributed by atoms with van der Waals surface area (Å²) in [6.07, 6.45) is 1.54. The summed E-state index contributed by atoms with van der Waals surface area (Å²) >= 11 is 0. The predicted molar refractivity (Wildman–Crippen MR) is 74.1 cm³/mol. The van der Waals surface area contributed by atoms with Crippen LogP contribution in [0, 0.1) is 0 Å². The van der Waals surface area contributed by atoms with Gasteiger partial charge in [-0.25, -0.2) is 19.3 Å². The number of hydrogen-bond donors (Lipinski definition) is 2. The molecule has 0 radical (unpaired) electrons. The molecule has 2 aliphatic rings. The van der Waals surface area contributed by atoms with Crippen LogP contribution in [0.2, 0.25) is 0 Å². The summed E-state index contributed by atoms with van der Waals surface area (Å²) in [5.74, 6) is 0.892. The molecule has 8 heteroatoms. The van der Waals surface area contributed by atoms with E-state index in [2.05, 4.69) is 30.3 Å². The summed E-state index contributed by atoms with van der Waals surface area (Å²) in [7, 11) is 0. The van der Waals surface area contributed by atoms with Crippen LogP contribution in [-0.4, -0.2) is 69.8 Å². The van der Waals surface area contributed by atoms with E-state index in [0.29, 0.717) is 11.7 Å². The van der Waals surface area contributed by atoms with Crippen molar-refractivity contribution < 1.29 is 0 Å². The Balaban J connectivity index is 1.50. The third-order valence-corrected chi connectivity index (χ3v) is 4.21. The number of piperazine rings is 1. The molecule has 4 heterocycles. The predicted octanol–water partition coefficient (Wildman–Crippen LogP) is -1.49. The molecule has 0 aromatic carbocycles. The van der Waals surface area contributed by atoms with Crippen molar-refractivity contribution in [3.63, 3.8) is 0 Å². The van der Waals surface area contributed by atoms with E-state index in [-0.39, 0.29) is 5.69 Å². The molecule has 2 N–H and O–H groups in total. The first kappa shape index (κ1) is 11.9. The van der Waals surface area contributed by atoms with E-state index in [1.165, 1.54) is 4.40 Å². The lowest BCUT2D eigenvalue weighted by Crippen LogP contribution is -2.61. The molecule has 20 heavy (non-hydrogen) atoms. The van der Waals surface area contributed by atoms with Crippen LogP contribution < -0.4 is 15.9 Å². The van der Waals surface area contributed by atoms with Crippen molar-refractivity contribution in [1.82, 2.24) is 29.8 Å². The van der Waals surface area contributed by atoms with Crippen LogP contribution in [0.15, 0.2) is 17.2 Å². The maximum Gasteiger partial charge on any atom is 0.348 e. The van der Waals surface area contributed by atoms with Gasteiger partial charge < -0.3 is 10.2 Å². The zero-order valence-corrected chi connectivity index (χ0v) is 11.1. The SMILES string of the molecule is O=c1[nH]nc2cc(N3CCN(C4CNC4)CC3)ncn12. The smallest absolute Gasteiger partial charge is 0.348 e. The summed E-state index contributed by atoms with van der Waals surface area (Å²) in [6.45, 7) is 6.28. The molecule has 8 nitrogen and oxygen atoms in total. The molecule has 0 amide bonds. The molecule has 4 rings (SSSR count). The Bertz CT molecular complexity index is 666. The van der Waals surface area contributed by atoms with Crippen molar-refractivity contribution in [1.29, 1.82) is 0 Å². The maximum atomic E-state index is 11.4. The zero-order valence-electron chi connectivity index (χ0n) is 11.1. The van der Waals surface area contributed by atoms with E-state index in [1.807, 2.05) is 6.07 Å². The summed E-state index contributed by atoms with van der Waals surface area (Å²) in [4.78, 5) is 20.6. The number of rotatable bonds is 2. The molecule has 0 atom stereocenters. The van der Waals surface area contributed by atoms with Crippen LogP contribution in [0.4, 0.5) is 5.82 Å². The Labute approximate surface area is 115 Å². The summed E-state index contributed by atoms with van der Waals surface area (Å²) < 4.78 is 1.42. The van der Waals surface area contributed by atoms with Gasteiger partial charge in [-0.05, 0) is 0 Å². The molecule has 2 aromatic rings. The molecule has 0 unspecified atom stereocenters. The number of hydrogen-bond acceptors (Lipinski definition) is 6. The fraction of sp³-hybridized carbons (Fsp3) is 0.583. The molecule has 2 fully saturated rings. The van der Waals surface area contributed by atoms with Crippen LogP contribution in [0.5, 0.6) is 0 Å². The Kier molecular flexibility index (Phi) is 2.71. The number of fused-ring (bicyclic) bond motifs is 1. The Morgan fingerprint density at radius 3 is 2.70 bits per heavy atom. The molecule has 0 aliphatic carbocycles. The summed E-state index contributed by atoms with van der Waals surface area (Å²) in [5.41, 5.74) is 0.368. The number of aromatic amines is 1. The van der Waals surface area contributed by atoms with Gasteiger partial charge >= 0.3 is 5.69 Å². The largest absolute Gasteiger partial charge is 0.354 e. The quantitative estimate of drug-likeness (QED) is 0.695. The third kappa shape index (κ3) is 1.88. The number of aromatic nitrogens is 4. The van der Waals surface area contributed by atoms with Crippen molar-refractivity contribution >= 4 is 11.5 Å². The topological polar surface area (TPSA) is 81.6 Å². The van der Waals surface area contributed by atoms with Crippen LogP contribution in [0.3, 0.4) is 0 Å². The third-order valence-electron chi connectivity index (χ3n) is 4.21. The molecule has 2 aliphatic heterocycles. The molecule has 106 valence electrons. The van der Waals surface area contributed by atoms with Gasteiger partial charge in [0.2, 0.25) is 0 Å². The van der Waals surface area contributed by atoms with Crippen molar-refractivity contribution in [3.05, 3.63) is 22.9 Å². The van der Waals surface area contributed by atoms with Gasteiger partial charge in [0.1, 0.15) is 12.1 Å². The van der Waals surface area contributed by atoms with Crippen molar-refractivity contribution in [2.45, 2.75) is 6.04 Å². The van der Waals surface area contributed by atoms with E-state index in [9.17, 15) is 4.79 Å². The van der Waals surface area contributed by atoms with Crippen molar-refractivity contribution in [2.75, 3.05) is 44.2 Å². The minimum Gasteiger partial charge on any atom is -0.354 e. The van der Waals surface area contributed by atoms with Gasteiger partial charge in [-0.15, -0.1) is 0 Å². The lowest BCUT2D eigenvalue weighted by atomic mass is 10.1. The van der Waals surface area contributed by atoms with Gasteiger partial charge in [0.25, 0.3) is 0 Å². The number of anilines is 1. The fourth-order valence-corrected chi connectivity index (χ4v) is 2.82. The van der Waals surface area contributed by atoms with Gasteiger partial charge in [-0.1, -0.05) is 0 Å². The average Bonchev–Trinajstić information content (AvgIpc) is 2.79. The van der Waals surface area contributed by atoms with Crippen LogP contribution in [0.25, 0.3) is 5.65 Å². The number of nitrogens with one attached hydrogen (secondary N) is 2. The van der Waals surface area contributed by atoms with Crippen molar-refractivity contribution in [2.24, 2.45) is 0 Å². The first-order chi connectivity index (χ1) is 9.81. The molecule has 2 aromatic heterocycles. The lowest BCUT2D eigenvalue weighted by molar-refractivity contribution is 0.137. The second kappa shape index (κ2) is 4.57. The fourth-order valence-electron chi connectivity index (χ4n) is 2.82. The second-order valence-electron chi connectivity index (χ2n) is 5.34. The van der Waals surface area contributed by atoms with Gasteiger partial charge in [0.15, 0.2) is 5.65 Å². The highest BCUT2D eigenvalue weighted by Crippen LogP contribution is 2.16. The number of H-pyrrole nitrogens is 1. The van der Waals surface area contributed by atoms with Gasteiger partial charge in [0.05, 0.1) is 0 Å². The summed E-state index contributed by atoms with van der Waals surface area (Å²) in [6, 6.07) is 2.57. The van der Waals surface area contributed by atoms with E-state index in [0.717, 1.165) is 45.1 Å². The molecule has 0 saturated carbocycles. The van der Waals surface area contributed by atoms with Crippen LogP contribution in [-0.2, 0) is 0 Å². The lowest BCUT2D eigenvalue weighted by Gasteiger charge is -2.43. The standard InChI is InChI=1S/C12H17N7O/c20-12-16-15-11-5-10(14-8-19(11)12)18-3-1-17(2-4-18)9-6-13-7-9/h5,8-9,13H,1-4,6-7H2,(H,16,20). The maximum absolute atomic E-state index is 11.4. The highest BCUT2D eigenvalue weighted by atomic mass is 16.1. The second-order valence-corrected chi connectivity index (χ2v) is 5.34. The van der Waals surface area contributed by atoms with E-state index < -0.39 is 0 Å². The highest BCUT2D eigenvalue weighted by Gasteiger charge is 2.28. The Morgan fingerprint density at radius 1 is 1.20 bits per heavy atom. The van der Waals surface area contributed by atoms with Crippen LogP contribution in [0.1, 0.15) is 0 Å². The van der Waals surface area contributed by atoms with Crippen LogP contribution >= 0.6 is 0 Å². The Hall–Kier alpha value is -1.93. The first-order valence-corrected chi connectivity index (χ1v) is 6.94. The first-order valence-electron chi connectivity index (χ1n) is 6.94. The molecule has 0 bridgehead atoms. The molecule has 0 spiro atoms. The zero-order chi connectivity index (χ0) is 13.5. The molecular weight excluding hydrogens is 258 g/mol. The van der Waals surface area contributed by atoms with Gasteiger partial charge in [-0.3, -0.25) is 4.90 Å². The average molecular weight is 275 g/mol. The van der Waals surface area contributed by atoms with E-state index in [4.69, 9.17) is 0 Å². The molecular formula is C12H17N7O. The normalized spacial score (nSPS) is 21.3. The van der Waals surface area contributed by atoms with E-state index >= 15 is 0 Å². The van der Waals surface area contributed by atoms with Gasteiger partial charge in [0, 0.05) is 51.4 Å². The molecule has 2 saturated heterocycles. The Morgan fingerprint density at radius 2 is 2.00 bits per heavy atom. The van der Waals surface area contributed by atoms with Crippen molar-refractivity contribution in [3.8, 4) is 0 Å². The van der Waals surface area contributed by atoms with E-state index in [1.54, 1.807) is 6.33 Å². The minimum atomic E-state index is -0.249. The monoisotopic (exact) mass is 275 g/mol. The summed E-state index contributed by atoms with van der Waals surface area (Å²) in [5, 5.41) is 9.72. The number of nitrogens with zero attached hydrogens (tertiary/aromatic N) is 5.